The molecular formula is C19H24N4O2. The first-order valence-corrected chi connectivity index (χ1v) is 8.99. The molecule has 0 saturated heterocycles. The Bertz CT molecular complexity index is 739. The Labute approximate surface area is 147 Å². The lowest BCUT2D eigenvalue weighted by atomic mass is 9.99. The van der Waals surface area contributed by atoms with Gasteiger partial charge < -0.3 is 9.64 Å². The molecule has 2 aliphatic rings. The molecule has 1 fully saturated rings. The van der Waals surface area contributed by atoms with E-state index in [1.807, 2.05) is 29.3 Å². The number of hydrogen-bond acceptors (Lipinski definition) is 4. The van der Waals surface area contributed by atoms with Crippen molar-refractivity contribution < 1.29 is 9.53 Å². The Morgan fingerprint density at radius 2 is 2.24 bits per heavy atom. The van der Waals surface area contributed by atoms with E-state index < -0.39 is 0 Å². The Morgan fingerprint density at radius 3 is 2.96 bits per heavy atom. The van der Waals surface area contributed by atoms with Crippen molar-refractivity contribution in [3.8, 4) is 0 Å². The zero-order valence-electron chi connectivity index (χ0n) is 14.6. The number of methoxy groups -OCH3 is 1. The van der Waals surface area contributed by atoms with Gasteiger partial charge in [-0.1, -0.05) is 6.07 Å². The molecule has 0 aromatic carbocycles. The topological polar surface area (TPSA) is 60.2 Å². The molecule has 0 bridgehead atoms. The van der Waals surface area contributed by atoms with Crippen molar-refractivity contribution in [1.82, 2.24) is 19.7 Å². The van der Waals surface area contributed by atoms with Gasteiger partial charge in [0.2, 0.25) is 5.91 Å². The zero-order chi connectivity index (χ0) is 17.2. The van der Waals surface area contributed by atoms with Gasteiger partial charge in [0.25, 0.3) is 0 Å². The highest BCUT2D eigenvalue weighted by Gasteiger charge is 2.35. The fourth-order valence-corrected chi connectivity index (χ4v) is 3.63. The van der Waals surface area contributed by atoms with Crippen LogP contribution < -0.4 is 0 Å². The monoisotopic (exact) mass is 340 g/mol. The minimum Gasteiger partial charge on any atom is -0.382 e. The average Bonchev–Trinajstić information content (AvgIpc) is 3.35. The van der Waals surface area contributed by atoms with Gasteiger partial charge in [0.15, 0.2) is 0 Å². The fourth-order valence-electron chi connectivity index (χ4n) is 3.63. The van der Waals surface area contributed by atoms with E-state index in [0.29, 0.717) is 19.6 Å². The molecule has 0 N–H and O–H groups in total. The zero-order valence-corrected chi connectivity index (χ0v) is 14.6. The summed E-state index contributed by atoms with van der Waals surface area (Å²) in [5, 5.41) is 4.60. The van der Waals surface area contributed by atoms with E-state index >= 15 is 0 Å². The molecule has 1 unspecified atom stereocenters. The van der Waals surface area contributed by atoms with Crippen LogP contribution in [0.1, 0.15) is 35.8 Å². The molecule has 1 aliphatic heterocycles. The standard InChI is InChI=1S/C19H24N4O2/c1-25-13-17-19-15(11-21-23(19)12-14-5-6-14)7-9-22(17)18(24)10-16-4-2-3-8-20-16/h2-4,8,11,14,17H,5-7,9-10,12-13H2,1H3. The van der Waals surface area contributed by atoms with E-state index in [9.17, 15) is 4.79 Å². The number of carbonyl (C=O) groups is 1. The van der Waals surface area contributed by atoms with E-state index in [1.165, 1.54) is 18.4 Å². The quantitative estimate of drug-likeness (QED) is 0.807. The number of carbonyl (C=O) groups excluding carboxylic acids is 1. The van der Waals surface area contributed by atoms with Crippen LogP contribution in [0.3, 0.4) is 0 Å². The van der Waals surface area contributed by atoms with Crippen LogP contribution in [0.5, 0.6) is 0 Å². The number of pyridine rings is 1. The summed E-state index contributed by atoms with van der Waals surface area (Å²) >= 11 is 0. The minimum atomic E-state index is -0.0637. The van der Waals surface area contributed by atoms with Gasteiger partial charge in [-0.2, -0.15) is 5.10 Å². The Hall–Kier alpha value is -2.21. The van der Waals surface area contributed by atoms with Crippen LogP contribution in [0.25, 0.3) is 0 Å². The van der Waals surface area contributed by atoms with Gasteiger partial charge in [0, 0.05) is 32.1 Å². The summed E-state index contributed by atoms with van der Waals surface area (Å²) in [5.41, 5.74) is 3.22. The second-order valence-corrected chi connectivity index (χ2v) is 6.99. The maximum atomic E-state index is 12.9. The van der Waals surface area contributed by atoms with E-state index in [-0.39, 0.29) is 11.9 Å². The molecule has 4 rings (SSSR count). The fraction of sp³-hybridized carbons (Fsp3) is 0.526. The number of ether oxygens (including phenoxy) is 1. The highest BCUT2D eigenvalue weighted by molar-refractivity contribution is 5.79. The van der Waals surface area contributed by atoms with Gasteiger partial charge in [0.05, 0.1) is 31.0 Å². The third-order valence-electron chi connectivity index (χ3n) is 5.11. The molecule has 2 aromatic rings. The summed E-state index contributed by atoms with van der Waals surface area (Å²) in [6, 6.07) is 5.62. The van der Waals surface area contributed by atoms with E-state index in [4.69, 9.17) is 4.74 Å². The van der Waals surface area contributed by atoms with Crippen LogP contribution >= 0.6 is 0 Å². The number of nitrogens with zero attached hydrogens (tertiary/aromatic N) is 4. The van der Waals surface area contributed by atoms with Crippen molar-refractivity contribution in [3.05, 3.63) is 47.5 Å². The van der Waals surface area contributed by atoms with E-state index in [0.717, 1.165) is 30.3 Å². The smallest absolute Gasteiger partial charge is 0.229 e. The number of amides is 1. The van der Waals surface area contributed by atoms with Gasteiger partial charge in [-0.25, -0.2) is 0 Å². The van der Waals surface area contributed by atoms with Crippen LogP contribution in [-0.2, 0) is 28.9 Å². The molecule has 1 amide bonds. The first-order valence-electron chi connectivity index (χ1n) is 8.99. The van der Waals surface area contributed by atoms with Crippen molar-refractivity contribution in [3.63, 3.8) is 0 Å². The van der Waals surface area contributed by atoms with Crippen molar-refractivity contribution in [1.29, 1.82) is 0 Å². The second kappa shape index (κ2) is 6.96. The molecule has 25 heavy (non-hydrogen) atoms. The molecule has 2 aromatic heterocycles. The molecule has 132 valence electrons. The lowest BCUT2D eigenvalue weighted by Crippen LogP contribution is -2.43. The largest absolute Gasteiger partial charge is 0.382 e. The second-order valence-electron chi connectivity index (χ2n) is 6.99. The number of fused-ring (bicyclic) bond motifs is 1. The Morgan fingerprint density at radius 1 is 1.36 bits per heavy atom. The van der Waals surface area contributed by atoms with Gasteiger partial charge in [-0.05, 0) is 42.9 Å². The maximum Gasteiger partial charge on any atom is 0.229 e. The summed E-state index contributed by atoms with van der Waals surface area (Å²) in [7, 11) is 1.69. The lowest BCUT2D eigenvalue weighted by Gasteiger charge is -2.36. The third-order valence-corrected chi connectivity index (χ3v) is 5.11. The van der Waals surface area contributed by atoms with Crippen LogP contribution in [-0.4, -0.2) is 45.8 Å². The van der Waals surface area contributed by atoms with Gasteiger partial charge in [-0.3, -0.25) is 14.5 Å². The van der Waals surface area contributed by atoms with Crippen LogP contribution in [0, 0.1) is 5.92 Å². The van der Waals surface area contributed by atoms with Crippen LogP contribution in [0.4, 0.5) is 0 Å². The lowest BCUT2D eigenvalue weighted by molar-refractivity contribution is -0.135. The summed E-state index contributed by atoms with van der Waals surface area (Å²) in [6.45, 7) is 2.16. The summed E-state index contributed by atoms with van der Waals surface area (Å²) in [5.74, 6) is 0.845. The Balaban J connectivity index is 1.58. The molecule has 0 spiro atoms. The van der Waals surface area contributed by atoms with E-state index in [2.05, 4.69) is 14.8 Å². The summed E-state index contributed by atoms with van der Waals surface area (Å²) in [4.78, 5) is 19.2. The molecule has 1 aliphatic carbocycles. The molecular weight excluding hydrogens is 316 g/mol. The number of hydrogen-bond donors (Lipinski definition) is 0. The SMILES string of the molecule is COCC1c2c(cnn2CC2CC2)CCN1C(=O)Cc1ccccn1. The third kappa shape index (κ3) is 3.44. The molecule has 0 radical (unpaired) electrons. The Kier molecular flexibility index (Phi) is 4.53. The molecule has 6 nitrogen and oxygen atoms in total. The van der Waals surface area contributed by atoms with Gasteiger partial charge in [0.1, 0.15) is 0 Å². The first-order chi connectivity index (χ1) is 12.3. The van der Waals surface area contributed by atoms with Crippen molar-refractivity contribution >= 4 is 5.91 Å². The summed E-state index contributed by atoms with van der Waals surface area (Å²) < 4.78 is 7.57. The normalized spacial score (nSPS) is 19.7. The minimum absolute atomic E-state index is 0.0637. The van der Waals surface area contributed by atoms with E-state index in [1.54, 1.807) is 13.3 Å². The van der Waals surface area contributed by atoms with Crippen molar-refractivity contribution in [2.45, 2.75) is 38.3 Å². The highest BCUT2D eigenvalue weighted by atomic mass is 16.5. The molecule has 1 saturated carbocycles. The van der Waals surface area contributed by atoms with Crippen LogP contribution in [0.2, 0.25) is 0 Å². The highest BCUT2D eigenvalue weighted by Crippen LogP contribution is 2.35. The van der Waals surface area contributed by atoms with Gasteiger partial charge in [-0.15, -0.1) is 0 Å². The molecule has 3 heterocycles. The predicted molar refractivity (Wildman–Crippen MR) is 92.9 cm³/mol. The maximum absolute atomic E-state index is 12.9. The van der Waals surface area contributed by atoms with Crippen molar-refractivity contribution in [2.24, 2.45) is 5.92 Å². The summed E-state index contributed by atoms with van der Waals surface area (Å²) in [6.07, 6.45) is 7.45. The number of aromatic nitrogens is 3. The number of rotatable bonds is 6. The molecule has 1 atom stereocenters. The predicted octanol–water partition coefficient (Wildman–Crippen LogP) is 2.00. The van der Waals surface area contributed by atoms with Crippen molar-refractivity contribution in [2.75, 3.05) is 20.3 Å². The van der Waals surface area contributed by atoms with Gasteiger partial charge >= 0.3 is 0 Å². The molecule has 6 heteroatoms. The average molecular weight is 340 g/mol. The first kappa shape index (κ1) is 16.3. The van der Waals surface area contributed by atoms with Crippen LogP contribution in [0.15, 0.2) is 30.6 Å².